The van der Waals surface area contributed by atoms with Gasteiger partial charge >= 0.3 is 0 Å². The molecule has 0 aliphatic rings. The molecular weight excluding hydrogens is 219 g/mol. The van der Waals surface area contributed by atoms with E-state index in [4.69, 9.17) is 5.26 Å². The van der Waals surface area contributed by atoms with Crippen molar-refractivity contribution in [3.8, 4) is 6.19 Å². The molecule has 0 saturated carbocycles. The van der Waals surface area contributed by atoms with E-state index < -0.39 is 0 Å². The molecule has 90 valence electrons. The first-order valence-corrected chi connectivity index (χ1v) is 5.36. The Bertz CT molecular complexity index is 423. The molecule has 0 radical (unpaired) electrons. The monoisotopic (exact) mass is 234 g/mol. The number of rotatable bonds is 4. The minimum Gasteiger partial charge on any atom is -0.356 e. The highest BCUT2D eigenvalue weighted by Gasteiger charge is 1.97. The van der Waals surface area contributed by atoms with E-state index in [0.717, 1.165) is 18.4 Å². The Morgan fingerprint density at radius 1 is 1.53 bits per heavy atom. The average molecular weight is 234 g/mol. The number of aliphatic imine (C=N–C) groups is 1. The molecule has 1 aromatic carbocycles. The van der Waals surface area contributed by atoms with E-state index in [1.165, 1.54) is 12.1 Å². The highest BCUT2D eigenvalue weighted by Crippen LogP contribution is 2.05. The van der Waals surface area contributed by atoms with Crippen LogP contribution in [0.25, 0.3) is 0 Å². The summed E-state index contributed by atoms with van der Waals surface area (Å²) in [5.74, 6) is 0.240. The fourth-order valence-corrected chi connectivity index (χ4v) is 1.42. The lowest BCUT2D eigenvalue weighted by Gasteiger charge is -2.06. The third kappa shape index (κ3) is 4.98. The Morgan fingerprint density at radius 3 is 3.00 bits per heavy atom. The van der Waals surface area contributed by atoms with E-state index in [9.17, 15) is 4.39 Å². The van der Waals surface area contributed by atoms with Crippen LogP contribution in [0.15, 0.2) is 29.3 Å². The molecule has 1 rings (SSSR count). The molecular formula is C12H15FN4. The molecule has 4 nitrogen and oxygen atoms in total. The second kappa shape index (κ2) is 7.23. The van der Waals surface area contributed by atoms with E-state index in [-0.39, 0.29) is 5.82 Å². The molecule has 0 aromatic heterocycles. The summed E-state index contributed by atoms with van der Waals surface area (Å²) in [6.07, 6.45) is 3.42. The number of benzene rings is 1. The highest BCUT2D eigenvalue weighted by molar-refractivity contribution is 5.80. The molecule has 0 bridgehead atoms. The maximum Gasteiger partial charge on any atom is 0.204 e. The van der Waals surface area contributed by atoms with E-state index >= 15 is 0 Å². The summed E-state index contributed by atoms with van der Waals surface area (Å²) >= 11 is 0. The minimum atomic E-state index is -0.211. The minimum absolute atomic E-state index is 0.211. The molecule has 0 amide bonds. The van der Waals surface area contributed by atoms with Gasteiger partial charge in [0.05, 0.1) is 0 Å². The summed E-state index contributed by atoms with van der Waals surface area (Å²) in [4.78, 5) is 3.85. The van der Waals surface area contributed by atoms with Gasteiger partial charge in [0.25, 0.3) is 0 Å². The van der Waals surface area contributed by atoms with Gasteiger partial charge < -0.3 is 5.32 Å². The van der Waals surface area contributed by atoms with Crippen LogP contribution >= 0.6 is 0 Å². The van der Waals surface area contributed by atoms with Crippen LogP contribution in [0.1, 0.15) is 12.0 Å². The Morgan fingerprint density at radius 2 is 2.35 bits per heavy atom. The predicted molar refractivity (Wildman–Crippen MR) is 64.8 cm³/mol. The van der Waals surface area contributed by atoms with Crippen LogP contribution in [-0.2, 0) is 6.42 Å². The zero-order valence-electron chi connectivity index (χ0n) is 9.70. The Hall–Kier alpha value is -2.09. The van der Waals surface area contributed by atoms with Crippen molar-refractivity contribution in [3.63, 3.8) is 0 Å². The number of nitrogens with one attached hydrogen (secondary N) is 2. The number of nitriles is 1. The summed E-state index contributed by atoms with van der Waals surface area (Å²) in [5, 5.41) is 13.8. The number of halogens is 1. The van der Waals surface area contributed by atoms with Crippen molar-refractivity contribution < 1.29 is 4.39 Å². The van der Waals surface area contributed by atoms with Gasteiger partial charge in [-0.25, -0.2) is 4.39 Å². The number of hydrogen-bond donors (Lipinski definition) is 2. The van der Waals surface area contributed by atoms with Crippen LogP contribution in [0.2, 0.25) is 0 Å². The quantitative estimate of drug-likeness (QED) is 0.272. The maximum atomic E-state index is 12.9. The second-order valence-electron chi connectivity index (χ2n) is 3.47. The molecule has 0 atom stereocenters. The van der Waals surface area contributed by atoms with E-state index in [0.29, 0.717) is 12.5 Å². The van der Waals surface area contributed by atoms with Crippen LogP contribution < -0.4 is 10.6 Å². The summed E-state index contributed by atoms with van der Waals surface area (Å²) < 4.78 is 12.9. The zero-order valence-corrected chi connectivity index (χ0v) is 9.70. The van der Waals surface area contributed by atoms with Gasteiger partial charge in [-0.15, -0.1) is 0 Å². The first-order chi connectivity index (χ1) is 8.26. The van der Waals surface area contributed by atoms with Gasteiger partial charge in [-0.05, 0) is 30.5 Å². The normalized spacial score (nSPS) is 10.8. The van der Waals surface area contributed by atoms with Crippen LogP contribution in [0, 0.1) is 17.3 Å². The van der Waals surface area contributed by atoms with Crippen molar-refractivity contribution >= 4 is 5.96 Å². The third-order valence-corrected chi connectivity index (χ3v) is 2.22. The van der Waals surface area contributed by atoms with Crippen molar-refractivity contribution in [2.75, 3.05) is 13.6 Å². The van der Waals surface area contributed by atoms with Crippen molar-refractivity contribution in [2.45, 2.75) is 12.8 Å². The molecule has 0 saturated heterocycles. The molecule has 2 N–H and O–H groups in total. The molecule has 0 heterocycles. The second-order valence-corrected chi connectivity index (χ2v) is 3.47. The standard InChI is InChI=1S/C12H15FN4/c1-15-12(17-9-14)16-7-3-5-10-4-2-6-11(13)8-10/h2,4,6,8H,3,5,7H2,1H3,(H2,15,16,17). The maximum absolute atomic E-state index is 12.9. The Kier molecular flexibility index (Phi) is 5.52. The Labute approximate surface area is 100 Å². The van der Waals surface area contributed by atoms with Gasteiger partial charge in [0.2, 0.25) is 5.96 Å². The average Bonchev–Trinajstić information content (AvgIpc) is 2.33. The lowest BCUT2D eigenvalue weighted by molar-refractivity contribution is 0.624. The van der Waals surface area contributed by atoms with E-state index in [1.54, 1.807) is 19.3 Å². The van der Waals surface area contributed by atoms with Crippen molar-refractivity contribution in [1.29, 1.82) is 5.26 Å². The predicted octanol–water partition coefficient (Wildman–Crippen LogP) is 1.40. The van der Waals surface area contributed by atoms with Crippen molar-refractivity contribution in [1.82, 2.24) is 10.6 Å². The van der Waals surface area contributed by atoms with Crippen LogP contribution in [0.4, 0.5) is 4.39 Å². The van der Waals surface area contributed by atoms with Crippen LogP contribution in [0.5, 0.6) is 0 Å². The molecule has 0 aliphatic carbocycles. The summed E-state index contributed by atoms with van der Waals surface area (Å²) in [7, 11) is 1.60. The summed E-state index contributed by atoms with van der Waals surface area (Å²) in [5.41, 5.74) is 0.968. The lowest BCUT2D eigenvalue weighted by Crippen LogP contribution is -2.35. The van der Waals surface area contributed by atoms with Gasteiger partial charge in [-0.1, -0.05) is 12.1 Å². The summed E-state index contributed by atoms with van der Waals surface area (Å²) in [6, 6.07) is 6.56. The molecule has 0 fully saturated rings. The smallest absolute Gasteiger partial charge is 0.204 e. The van der Waals surface area contributed by atoms with Gasteiger partial charge in [0.1, 0.15) is 5.82 Å². The molecule has 0 unspecified atom stereocenters. The first kappa shape index (κ1) is 13.0. The number of hydrogen-bond acceptors (Lipinski definition) is 2. The van der Waals surface area contributed by atoms with Gasteiger partial charge in [0, 0.05) is 13.6 Å². The van der Waals surface area contributed by atoms with E-state index in [1.807, 2.05) is 6.07 Å². The first-order valence-electron chi connectivity index (χ1n) is 5.36. The number of nitrogens with zero attached hydrogens (tertiary/aromatic N) is 2. The lowest BCUT2D eigenvalue weighted by atomic mass is 10.1. The van der Waals surface area contributed by atoms with Crippen molar-refractivity contribution in [3.05, 3.63) is 35.6 Å². The fourth-order valence-electron chi connectivity index (χ4n) is 1.42. The molecule has 0 aliphatic heterocycles. The largest absolute Gasteiger partial charge is 0.356 e. The molecule has 5 heteroatoms. The Balaban J connectivity index is 2.27. The zero-order chi connectivity index (χ0) is 12.5. The number of aryl methyl sites for hydroxylation is 1. The highest BCUT2D eigenvalue weighted by atomic mass is 19.1. The van der Waals surface area contributed by atoms with Gasteiger partial charge in [-0.3, -0.25) is 10.3 Å². The van der Waals surface area contributed by atoms with E-state index in [2.05, 4.69) is 15.6 Å². The van der Waals surface area contributed by atoms with Crippen LogP contribution in [-0.4, -0.2) is 19.6 Å². The molecule has 1 aromatic rings. The fraction of sp³-hybridized carbons (Fsp3) is 0.333. The van der Waals surface area contributed by atoms with Gasteiger partial charge in [-0.2, -0.15) is 5.26 Å². The van der Waals surface area contributed by atoms with Crippen LogP contribution in [0.3, 0.4) is 0 Å². The number of guanidine groups is 1. The third-order valence-electron chi connectivity index (χ3n) is 2.22. The van der Waals surface area contributed by atoms with Gasteiger partial charge in [0.15, 0.2) is 6.19 Å². The SMILES string of the molecule is CN=C(NC#N)NCCCc1cccc(F)c1. The molecule has 0 spiro atoms. The topological polar surface area (TPSA) is 60.2 Å². The molecule has 17 heavy (non-hydrogen) atoms. The summed E-state index contributed by atoms with van der Waals surface area (Å²) in [6.45, 7) is 0.678. The van der Waals surface area contributed by atoms with Crippen molar-refractivity contribution in [2.24, 2.45) is 4.99 Å².